The molecule has 0 spiro atoms. The molecule has 0 saturated carbocycles. The molecule has 1 heterocycles. The van der Waals surface area contributed by atoms with Crippen LogP contribution in [0.5, 0.6) is 5.75 Å². The Morgan fingerprint density at radius 1 is 0.941 bits per heavy atom. The fraction of sp³-hybridized carbons (Fsp3) is 0.250. The van der Waals surface area contributed by atoms with Crippen LogP contribution >= 0.6 is 0 Å². The number of para-hydroxylation sites is 2. The van der Waals surface area contributed by atoms with Gasteiger partial charge in [0.25, 0.3) is 0 Å². The lowest BCUT2D eigenvalue weighted by Gasteiger charge is -2.09. The number of carbonyl (C=O) groups is 2. The zero-order valence-electron chi connectivity index (χ0n) is 19.4. The van der Waals surface area contributed by atoms with Crippen molar-refractivity contribution < 1.29 is 14.3 Å². The minimum Gasteiger partial charge on any atom is -0.494 e. The lowest BCUT2D eigenvalue weighted by molar-refractivity contribution is -0.121. The van der Waals surface area contributed by atoms with Crippen LogP contribution in [0.2, 0.25) is 0 Å². The molecule has 174 valence electrons. The van der Waals surface area contributed by atoms with Crippen molar-refractivity contribution in [2.24, 2.45) is 0 Å². The summed E-state index contributed by atoms with van der Waals surface area (Å²) in [5, 5.41) is 2.92. The van der Waals surface area contributed by atoms with Crippen LogP contribution in [0, 0.1) is 0 Å². The van der Waals surface area contributed by atoms with Gasteiger partial charge in [0.2, 0.25) is 5.91 Å². The van der Waals surface area contributed by atoms with E-state index in [1.807, 2.05) is 43.6 Å². The zero-order chi connectivity index (χ0) is 23.8. The van der Waals surface area contributed by atoms with Gasteiger partial charge in [-0.15, -0.1) is 0 Å². The molecule has 3 aromatic carbocycles. The average Bonchev–Trinajstić information content (AvgIpc) is 3.28. The molecule has 0 bridgehead atoms. The number of imidazole rings is 1. The lowest BCUT2D eigenvalue weighted by atomic mass is 10.1. The second kappa shape index (κ2) is 11.3. The Balaban J connectivity index is 1.26. The molecule has 6 heteroatoms. The monoisotopic (exact) mass is 455 g/mol. The number of ketones is 1. The van der Waals surface area contributed by atoms with E-state index < -0.39 is 0 Å². The Morgan fingerprint density at radius 2 is 1.74 bits per heavy atom. The molecule has 0 aliphatic carbocycles. The Bertz CT molecular complexity index is 1260. The highest BCUT2D eigenvalue weighted by Gasteiger charge is 2.10. The summed E-state index contributed by atoms with van der Waals surface area (Å²) in [7, 11) is 0. The third-order valence-corrected chi connectivity index (χ3v) is 5.59. The van der Waals surface area contributed by atoms with Gasteiger partial charge in [-0.25, -0.2) is 4.98 Å². The van der Waals surface area contributed by atoms with Gasteiger partial charge in [0, 0.05) is 31.5 Å². The normalized spacial score (nSPS) is 10.9. The number of benzene rings is 3. The summed E-state index contributed by atoms with van der Waals surface area (Å²) in [5.41, 5.74) is 4.81. The van der Waals surface area contributed by atoms with Gasteiger partial charge in [0.15, 0.2) is 5.78 Å². The van der Waals surface area contributed by atoms with Gasteiger partial charge in [-0.1, -0.05) is 43.3 Å². The van der Waals surface area contributed by atoms with Crippen molar-refractivity contribution in [2.45, 2.75) is 39.3 Å². The number of aromatic nitrogens is 2. The summed E-state index contributed by atoms with van der Waals surface area (Å²) in [5.74, 6) is 0.564. The number of Topliss-reactive ketones (excluding diaryl/α,β-unsaturated/α-hetero) is 1. The number of amides is 1. The van der Waals surface area contributed by atoms with Crippen LogP contribution < -0.4 is 10.1 Å². The van der Waals surface area contributed by atoms with Gasteiger partial charge >= 0.3 is 0 Å². The SMILES string of the molecule is CCCOc1ccc(C(=O)CCC(=O)NCc2cccc(Cn3cnc4ccccc43)c2)cc1. The van der Waals surface area contributed by atoms with E-state index in [1.165, 1.54) is 0 Å². The number of rotatable bonds is 11. The van der Waals surface area contributed by atoms with Gasteiger partial charge in [-0.2, -0.15) is 0 Å². The van der Waals surface area contributed by atoms with E-state index >= 15 is 0 Å². The first-order valence-corrected chi connectivity index (χ1v) is 11.6. The molecule has 0 saturated heterocycles. The van der Waals surface area contributed by atoms with Crippen LogP contribution in [0.25, 0.3) is 11.0 Å². The van der Waals surface area contributed by atoms with Crippen molar-refractivity contribution in [3.05, 3.63) is 95.8 Å². The van der Waals surface area contributed by atoms with Gasteiger partial charge in [-0.3, -0.25) is 9.59 Å². The fourth-order valence-electron chi connectivity index (χ4n) is 3.79. The molecule has 4 aromatic rings. The third-order valence-electron chi connectivity index (χ3n) is 5.59. The highest BCUT2D eigenvalue weighted by molar-refractivity contribution is 5.98. The second-order valence-electron chi connectivity index (χ2n) is 8.25. The number of nitrogens with zero attached hydrogens (tertiary/aromatic N) is 2. The minimum atomic E-state index is -0.137. The molecule has 0 radical (unpaired) electrons. The first kappa shape index (κ1) is 23.2. The van der Waals surface area contributed by atoms with Crippen molar-refractivity contribution >= 4 is 22.7 Å². The summed E-state index contributed by atoms with van der Waals surface area (Å²) in [4.78, 5) is 29.2. The highest BCUT2D eigenvalue weighted by Crippen LogP contribution is 2.16. The molecule has 0 unspecified atom stereocenters. The molecular formula is C28H29N3O3. The number of nitrogens with one attached hydrogen (secondary N) is 1. The van der Waals surface area contributed by atoms with E-state index in [9.17, 15) is 9.59 Å². The minimum absolute atomic E-state index is 0.0493. The largest absolute Gasteiger partial charge is 0.494 e. The van der Waals surface area contributed by atoms with Crippen LogP contribution in [-0.2, 0) is 17.9 Å². The van der Waals surface area contributed by atoms with Gasteiger partial charge < -0.3 is 14.6 Å². The molecule has 0 aliphatic heterocycles. The van der Waals surface area contributed by atoms with Crippen molar-refractivity contribution in [3.8, 4) is 5.75 Å². The molecule has 4 rings (SSSR count). The smallest absolute Gasteiger partial charge is 0.220 e. The molecule has 1 N–H and O–H groups in total. The van der Waals surface area contributed by atoms with Crippen molar-refractivity contribution in [1.29, 1.82) is 0 Å². The highest BCUT2D eigenvalue weighted by atomic mass is 16.5. The number of carbonyl (C=O) groups excluding carboxylic acids is 2. The quantitative estimate of drug-likeness (QED) is 0.317. The predicted octanol–water partition coefficient (Wildman–Crippen LogP) is 5.15. The van der Waals surface area contributed by atoms with Gasteiger partial charge in [0.1, 0.15) is 5.75 Å². The first-order chi connectivity index (χ1) is 16.6. The molecule has 34 heavy (non-hydrogen) atoms. The van der Waals surface area contributed by atoms with Crippen LogP contribution in [0.1, 0.15) is 47.7 Å². The standard InChI is InChI=1S/C28H29N3O3/c1-2-16-34-24-12-10-23(11-13-24)27(32)14-15-28(33)29-18-21-6-5-7-22(17-21)19-31-20-30-25-8-3-4-9-26(25)31/h3-13,17,20H,2,14-16,18-19H2,1H3,(H,29,33). The van der Waals surface area contributed by atoms with Crippen molar-refractivity contribution in [2.75, 3.05) is 6.61 Å². The molecule has 0 atom stereocenters. The lowest BCUT2D eigenvalue weighted by Crippen LogP contribution is -2.23. The summed E-state index contributed by atoms with van der Waals surface area (Å²) in [6, 6.07) is 23.3. The zero-order valence-corrected chi connectivity index (χ0v) is 19.4. The summed E-state index contributed by atoms with van der Waals surface area (Å²) in [6.07, 6.45) is 3.12. The predicted molar refractivity (Wildman–Crippen MR) is 133 cm³/mol. The Morgan fingerprint density at radius 3 is 2.56 bits per heavy atom. The molecule has 0 aliphatic rings. The van der Waals surface area contributed by atoms with E-state index in [-0.39, 0.29) is 24.5 Å². The van der Waals surface area contributed by atoms with Crippen LogP contribution in [-0.4, -0.2) is 27.8 Å². The van der Waals surface area contributed by atoms with Crippen LogP contribution in [0.4, 0.5) is 0 Å². The second-order valence-corrected chi connectivity index (χ2v) is 8.25. The maximum absolute atomic E-state index is 12.4. The maximum atomic E-state index is 12.4. The maximum Gasteiger partial charge on any atom is 0.220 e. The van der Waals surface area contributed by atoms with E-state index in [4.69, 9.17) is 4.74 Å². The van der Waals surface area contributed by atoms with E-state index in [1.54, 1.807) is 24.3 Å². The van der Waals surface area contributed by atoms with Gasteiger partial charge in [0.05, 0.1) is 24.0 Å². The molecule has 0 fully saturated rings. The first-order valence-electron chi connectivity index (χ1n) is 11.6. The molecule has 6 nitrogen and oxygen atoms in total. The number of fused-ring (bicyclic) bond motifs is 1. The molecule has 1 aromatic heterocycles. The Kier molecular flexibility index (Phi) is 7.71. The van der Waals surface area contributed by atoms with Crippen LogP contribution in [0.15, 0.2) is 79.1 Å². The Labute approximate surface area is 199 Å². The number of hydrogen-bond acceptors (Lipinski definition) is 4. The van der Waals surface area contributed by atoms with Crippen molar-refractivity contribution in [1.82, 2.24) is 14.9 Å². The summed E-state index contributed by atoms with van der Waals surface area (Å²) < 4.78 is 7.65. The molecule has 1 amide bonds. The topological polar surface area (TPSA) is 73.2 Å². The fourth-order valence-corrected chi connectivity index (χ4v) is 3.79. The summed E-state index contributed by atoms with van der Waals surface area (Å²) in [6.45, 7) is 3.83. The molecular weight excluding hydrogens is 426 g/mol. The number of ether oxygens (including phenoxy) is 1. The van der Waals surface area contributed by atoms with Crippen molar-refractivity contribution in [3.63, 3.8) is 0 Å². The number of hydrogen-bond donors (Lipinski definition) is 1. The summed E-state index contributed by atoms with van der Waals surface area (Å²) >= 11 is 0. The van der Waals surface area contributed by atoms with E-state index in [2.05, 4.69) is 33.1 Å². The van der Waals surface area contributed by atoms with E-state index in [0.29, 0.717) is 25.3 Å². The van der Waals surface area contributed by atoms with Gasteiger partial charge in [-0.05, 0) is 53.9 Å². The Hall–Kier alpha value is -3.93. The average molecular weight is 456 g/mol. The third kappa shape index (κ3) is 6.10. The van der Waals surface area contributed by atoms with Crippen LogP contribution in [0.3, 0.4) is 0 Å². The van der Waals surface area contributed by atoms with E-state index in [0.717, 1.165) is 34.3 Å².